The van der Waals surface area contributed by atoms with Crippen LogP contribution in [0.25, 0.3) is 0 Å². The number of furan rings is 1. The smallest absolute Gasteiger partial charge is 0.342 e. The maximum absolute atomic E-state index is 12.3. The van der Waals surface area contributed by atoms with Crippen molar-refractivity contribution in [3.8, 4) is 5.75 Å². The van der Waals surface area contributed by atoms with Crippen molar-refractivity contribution in [2.24, 2.45) is 0 Å². The molecular weight excluding hydrogens is 292 g/mol. The predicted molar refractivity (Wildman–Crippen MR) is 88.9 cm³/mol. The summed E-state index contributed by atoms with van der Waals surface area (Å²) in [5.41, 5.74) is 1.01. The highest BCUT2D eigenvalue weighted by Crippen LogP contribution is 2.33. The van der Waals surface area contributed by atoms with E-state index in [1.165, 1.54) is 0 Å². The largest absolute Gasteiger partial charge is 0.489 e. The Balaban J connectivity index is 2.39. The molecule has 0 radical (unpaired) electrons. The number of benzene rings is 1. The topological polar surface area (TPSA) is 48.7 Å². The van der Waals surface area contributed by atoms with Gasteiger partial charge < -0.3 is 13.9 Å². The van der Waals surface area contributed by atoms with Crippen molar-refractivity contribution in [1.29, 1.82) is 0 Å². The highest BCUT2D eigenvalue weighted by atomic mass is 16.5. The molecule has 0 fully saturated rings. The zero-order chi connectivity index (χ0) is 17.0. The van der Waals surface area contributed by atoms with Gasteiger partial charge in [0.1, 0.15) is 29.4 Å². The van der Waals surface area contributed by atoms with Crippen molar-refractivity contribution in [3.63, 3.8) is 0 Å². The molecule has 23 heavy (non-hydrogen) atoms. The summed E-state index contributed by atoms with van der Waals surface area (Å²) in [4.78, 5) is 12.3. The van der Waals surface area contributed by atoms with Crippen molar-refractivity contribution in [1.82, 2.24) is 0 Å². The minimum Gasteiger partial charge on any atom is -0.489 e. The first-order chi connectivity index (χ1) is 10.8. The number of carbonyl (C=O) groups excluding carboxylic acids is 1. The fourth-order valence-electron chi connectivity index (χ4n) is 2.48. The molecule has 124 valence electrons. The highest BCUT2D eigenvalue weighted by Gasteiger charge is 2.31. The van der Waals surface area contributed by atoms with Gasteiger partial charge >= 0.3 is 5.97 Å². The van der Waals surface area contributed by atoms with Crippen LogP contribution in [0.1, 0.15) is 55.1 Å². The van der Waals surface area contributed by atoms with Gasteiger partial charge in [-0.15, -0.1) is 0 Å². The zero-order valence-corrected chi connectivity index (χ0v) is 14.4. The van der Waals surface area contributed by atoms with Gasteiger partial charge in [-0.25, -0.2) is 4.79 Å². The van der Waals surface area contributed by atoms with Gasteiger partial charge in [-0.2, -0.15) is 0 Å². The van der Waals surface area contributed by atoms with Crippen LogP contribution < -0.4 is 4.74 Å². The van der Waals surface area contributed by atoms with Gasteiger partial charge in [0, 0.05) is 11.0 Å². The molecule has 0 bridgehead atoms. The van der Waals surface area contributed by atoms with Gasteiger partial charge in [-0.3, -0.25) is 0 Å². The van der Waals surface area contributed by atoms with Gasteiger partial charge in [0.05, 0.1) is 6.61 Å². The number of rotatable bonds is 5. The Labute approximate surface area is 137 Å². The molecule has 1 aromatic heterocycles. The average molecular weight is 316 g/mol. The molecule has 0 amide bonds. The van der Waals surface area contributed by atoms with E-state index in [1.54, 1.807) is 13.8 Å². The summed E-state index contributed by atoms with van der Waals surface area (Å²) in [6.45, 7) is 10.3. The van der Waals surface area contributed by atoms with E-state index in [9.17, 15) is 4.79 Å². The van der Waals surface area contributed by atoms with Crippen molar-refractivity contribution >= 4 is 5.97 Å². The van der Waals surface area contributed by atoms with Crippen LogP contribution in [-0.4, -0.2) is 12.6 Å². The van der Waals surface area contributed by atoms with Crippen molar-refractivity contribution < 1.29 is 18.7 Å². The summed E-state index contributed by atoms with van der Waals surface area (Å²) in [5.74, 6) is 1.71. The predicted octanol–water partition coefficient (Wildman–Crippen LogP) is 4.64. The van der Waals surface area contributed by atoms with Crippen LogP contribution in [0.4, 0.5) is 0 Å². The lowest BCUT2D eigenvalue weighted by molar-refractivity contribution is 0.0521. The lowest BCUT2D eigenvalue weighted by Gasteiger charge is -2.18. The molecule has 0 aliphatic rings. The fourth-order valence-corrected chi connectivity index (χ4v) is 2.48. The van der Waals surface area contributed by atoms with Crippen LogP contribution in [0.3, 0.4) is 0 Å². The third-order valence-corrected chi connectivity index (χ3v) is 3.47. The Morgan fingerprint density at radius 2 is 1.83 bits per heavy atom. The van der Waals surface area contributed by atoms with Gasteiger partial charge in [-0.05, 0) is 26.0 Å². The van der Waals surface area contributed by atoms with E-state index < -0.39 is 0 Å². The van der Waals surface area contributed by atoms with Crippen LogP contribution in [0.15, 0.2) is 34.7 Å². The molecule has 4 nitrogen and oxygen atoms in total. The Morgan fingerprint density at radius 1 is 1.17 bits per heavy atom. The number of esters is 1. The van der Waals surface area contributed by atoms with Crippen LogP contribution in [0, 0.1) is 6.92 Å². The summed E-state index contributed by atoms with van der Waals surface area (Å²) in [6, 6.07) is 9.51. The molecule has 0 unspecified atom stereocenters. The van der Waals surface area contributed by atoms with Crippen molar-refractivity contribution in [2.75, 3.05) is 6.61 Å². The summed E-state index contributed by atoms with van der Waals surface area (Å²) in [5, 5.41) is 0. The number of ether oxygens (including phenoxy) is 2. The van der Waals surface area contributed by atoms with E-state index in [1.807, 2.05) is 51.1 Å². The minimum atomic E-state index is -0.365. The third kappa shape index (κ3) is 3.95. The first-order valence-electron chi connectivity index (χ1n) is 7.82. The third-order valence-electron chi connectivity index (χ3n) is 3.47. The Morgan fingerprint density at radius 3 is 2.39 bits per heavy atom. The Hall–Kier alpha value is -2.23. The summed E-state index contributed by atoms with van der Waals surface area (Å²) in [7, 11) is 0. The van der Waals surface area contributed by atoms with E-state index in [0.717, 1.165) is 17.1 Å². The molecule has 0 aliphatic heterocycles. The first kappa shape index (κ1) is 17.1. The second-order valence-electron chi connectivity index (χ2n) is 6.41. The van der Waals surface area contributed by atoms with Crippen LogP contribution in [0.5, 0.6) is 5.75 Å². The normalized spacial score (nSPS) is 11.3. The fraction of sp³-hybridized carbons (Fsp3) is 0.421. The van der Waals surface area contributed by atoms with E-state index in [2.05, 4.69) is 0 Å². The number of hydrogen-bond acceptors (Lipinski definition) is 4. The monoisotopic (exact) mass is 316 g/mol. The van der Waals surface area contributed by atoms with Gasteiger partial charge in [0.25, 0.3) is 0 Å². The van der Waals surface area contributed by atoms with Crippen LogP contribution in [0.2, 0.25) is 0 Å². The van der Waals surface area contributed by atoms with Crippen molar-refractivity contribution in [3.05, 3.63) is 53.0 Å². The molecule has 1 aromatic carbocycles. The summed E-state index contributed by atoms with van der Waals surface area (Å²) >= 11 is 0. The first-order valence-corrected chi connectivity index (χ1v) is 7.82. The number of hydrogen-bond donors (Lipinski definition) is 0. The number of aryl methyl sites for hydroxylation is 1. The highest BCUT2D eigenvalue weighted by molar-refractivity contribution is 5.92. The molecule has 0 saturated carbocycles. The zero-order valence-electron chi connectivity index (χ0n) is 14.4. The second kappa shape index (κ2) is 6.90. The van der Waals surface area contributed by atoms with E-state index in [-0.39, 0.29) is 18.0 Å². The maximum atomic E-state index is 12.3. The Kier molecular flexibility index (Phi) is 5.14. The molecular formula is C19H24O4. The molecule has 2 aromatic rings. The van der Waals surface area contributed by atoms with Gasteiger partial charge in [0.2, 0.25) is 0 Å². The van der Waals surface area contributed by atoms with Gasteiger partial charge in [-0.1, -0.05) is 39.0 Å². The SMILES string of the molecule is CCOC(=O)c1c(C)oc(C(C)(C)C)c1COc1ccccc1. The second-order valence-corrected chi connectivity index (χ2v) is 6.41. The lowest BCUT2D eigenvalue weighted by Crippen LogP contribution is -2.16. The Bertz CT molecular complexity index is 663. The number of para-hydroxylation sites is 1. The summed E-state index contributed by atoms with van der Waals surface area (Å²) < 4.78 is 16.9. The quantitative estimate of drug-likeness (QED) is 0.754. The molecule has 0 atom stereocenters. The van der Waals surface area contributed by atoms with E-state index in [0.29, 0.717) is 17.9 Å². The summed E-state index contributed by atoms with van der Waals surface area (Å²) in [6.07, 6.45) is 0. The molecule has 1 heterocycles. The molecule has 0 N–H and O–H groups in total. The van der Waals surface area contributed by atoms with Crippen LogP contribution in [-0.2, 0) is 16.8 Å². The molecule has 0 aliphatic carbocycles. The molecule has 2 rings (SSSR count). The maximum Gasteiger partial charge on any atom is 0.342 e. The van der Waals surface area contributed by atoms with E-state index in [4.69, 9.17) is 13.9 Å². The standard InChI is InChI=1S/C19H24O4/c1-6-21-18(20)16-13(2)23-17(19(3,4)5)15(16)12-22-14-10-8-7-9-11-14/h7-11H,6,12H2,1-5H3. The van der Waals surface area contributed by atoms with E-state index >= 15 is 0 Å². The molecule has 0 saturated heterocycles. The number of carbonyl (C=O) groups is 1. The minimum absolute atomic E-state index is 0.231. The van der Waals surface area contributed by atoms with Gasteiger partial charge in [0.15, 0.2) is 0 Å². The van der Waals surface area contributed by atoms with Crippen molar-refractivity contribution in [2.45, 2.75) is 46.6 Å². The van der Waals surface area contributed by atoms with Crippen LogP contribution >= 0.6 is 0 Å². The lowest BCUT2D eigenvalue weighted by atomic mass is 9.89. The molecule has 4 heteroatoms. The average Bonchev–Trinajstić information content (AvgIpc) is 2.83. The molecule has 0 spiro atoms.